The smallest absolute Gasteiger partial charge is 0.256 e. The van der Waals surface area contributed by atoms with Gasteiger partial charge in [0.2, 0.25) is 5.95 Å². The number of aryl methyl sites for hydroxylation is 1. The number of imidazole rings is 1. The Kier molecular flexibility index (Phi) is 5.01. The molecule has 0 atom stereocenters. The Morgan fingerprint density at radius 3 is 2.74 bits per heavy atom. The molecule has 0 aliphatic heterocycles. The van der Waals surface area contributed by atoms with Crippen molar-refractivity contribution in [2.75, 3.05) is 5.32 Å². The maximum absolute atomic E-state index is 13.0. The molecule has 1 saturated carbocycles. The van der Waals surface area contributed by atoms with Crippen molar-refractivity contribution in [2.24, 2.45) is 5.73 Å². The second-order valence-corrected chi connectivity index (χ2v) is 8.10. The van der Waals surface area contributed by atoms with Crippen LogP contribution < -0.4 is 11.1 Å². The maximum atomic E-state index is 13.0. The Hall–Kier alpha value is -3.14. The van der Waals surface area contributed by atoms with E-state index < -0.39 is 13.0 Å². The molecule has 0 unspecified atom stereocenters. The molecule has 162 valence electrons. The number of nitrogens with two attached hydrogens (primary N) is 1. The summed E-state index contributed by atoms with van der Waals surface area (Å²) < 4.78 is 29.2. The summed E-state index contributed by atoms with van der Waals surface area (Å²) in [5, 5.41) is 7.97. The molecule has 4 aromatic rings. The quantitative estimate of drug-likeness (QED) is 0.508. The highest BCUT2D eigenvalue weighted by molar-refractivity contribution is 5.82. The van der Waals surface area contributed by atoms with Crippen LogP contribution >= 0.6 is 0 Å². The van der Waals surface area contributed by atoms with Gasteiger partial charge in [-0.15, -0.1) is 5.10 Å². The van der Waals surface area contributed by atoms with Crippen molar-refractivity contribution in [3.8, 4) is 11.3 Å². The SMILES string of the molecule is Cc1nc2ccc(-c3ccn4nc(N[C@H]5CC[C@@H](N)CC5)ncc34)nc2n1CC(F)F. The number of halogens is 2. The molecule has 0 bridgehead atoms. The first-order valence-electron chi connectivity index (χ1n) is 10.5. The lowest BCUT2D eigenvalue weighted by Crippen LogP contribution is -2.33. The molecule has 0 aromatic carbocycles. The topological polar surface area (TPSA) is 98.9 Å². The van der Waals surface area contributed by atoms with Crippen molar-refractivity contribution in [1.29, 1.82) is 0 Å². The van der Waals surface area contributed by atoms with Crippen LogP contribution in [-0.2, 0) is 6.54 Å². The summed E-state index contributed by atoms with van der Waals surface area (Å²) in [5.41, 5.74) is 9.31. The van der Waals surface area contributed by atoms with Gasteiger partial charge in [-0.2, -0.15) is 0 Å². The molecule has 1 fully saturated rings. The van der Waals surface area contributed by atoms with E-state index >= 15 is 0 Å². The van der Waals surface area contributed by atoms with Gasteiger partial charge < -0.3 is 15.6 Å². The Morgan fingerprint density at radius 2 is 1.97 bits per heavy atom. The minimum Gasteiger partial charge on any atom is -0.350 e. The number of hydrogen-bond donors (Lipinski definition) is 2. The predicted molar refractivity (Wildman–Crippen MR) is 114 cm³/mol. The number of anilines is 1. The fourth-order valence-electron chi connectivity index (χ4n) is 4.25. The highest BCUT2D eigenvalue weighted by Crippen LogP contribution is 2.27. The summed E-state index contributed by atoms with van der Waals surface area (Å²) >= 11 is 0. The molecular formula is C21H24F2N8. The minimum absolute atomic E-state index is 0.291. The average Bonchev–Trinajstić information content (AvgIpc) is 3.30. The van der Waals surface area contributed by atoms with E-state index in [4.69, 9.17) is 5.73 Å². The number of hydrogen-bond acceptors (Lipinski definition) is 6. The molecule has 5 rings (SSSR count). The van der Waals surface area contributed by atoms with Crippen molar-refractivity contribution in [3.05, 3.63) is 36.4 Å². The molecule has 8 nitrogen and oxygen atoms in total. The first kappa shape index (κ1) is 19.8. The molecule has 3 N–H and O–H groups in total. The summed E-state index contributed by atoms with van der Waals surface area (Å²) in [7, 11) is 0. The van der Waals surface area contributed by atoms with Crippen molar-refractivity contribution in [1.82, 2.24) is 29.1 Å². The van der Waals surface area contributed by atoms with Gasteiger partial charge in [-0.3, -0.25) is 0 Å². The summed E-state index contributed by atoms with van der Waals surface area (Å²) in [6.07, 6.45) is 5.15. The number of pyridine rings is 1. The first-order valence-corrected chi connectivity index (χ1v) is 10.5. The third-order valence-electron chi connectivity index (χ3n) is 5.90. The molecule has 31 heavy (non-hydrogen) atoms. The number of rotatable bonds is 5. The number of nitrogens with one attached hydrogen (secondary N) is 1. The monoisotopic (exact) mass is 426 g/mol. The van der Waals surface area contributed by atoms with Crippen LogP contribution in [0.15, 0.2) is 30.6 Å². The van der Waals surface area contributed by atoms with E-state index in [0.29, 0.717) is 40.7 Å². The van der Waals surface area contributed by atoms with E-state index in [1.54, 1.807) is 23.7 Å². The van der Waals surface area contributed by atoms with Crippen LogP contribution in [0.3, 0.4) is 0 Å². The zero-order valence-corrected chi connectivity index (χ0v) is 17.2. The van der Waals surface area contributed by atoms with Gasteiger partial charge in [-0.1, -0.05) is 0 Å². The van der Waals surface area contributed by atoms with E-state index in [9.17, 15) is 8.78 Å². The normalized spacial score (nSPS) is 19.5. The van der Waals surface area contributed by atoms with Gasteiger partial charge in [0.05, 0.1) is 24.0 Å². The lowest BCUT2D eigenvalue weighted by atomic mass is 9.92. The fourth-order valence-corrected chi connectivity index (χ4v) is 4.25. The zero-order valence-electron chi connectivity index (χ0n) is 17.2. The number of fused-ring (bicyclic) bond motifs is 2. The van der Waals surface area contributed by atoms with Gasteiger partial charge in [-0.05, 0) is 50.8 Å². The van der Waals surface area contributed by atoms with Crippen LogP contribution in [0.4, 0.5) is 14.7 Å². The minimum atomic E-state index is -2.48. The van der Waals surface area contributed by atoms with Gasteiger partial charge in [0.25, 0.3) is 6.43 Å². The van der Waals surface area contributed by atoms with Crippen LogP contribution in [0.5, 0.6) is 0 Å². The van der Waals surface area contributed by atoms with Crippen LogP contribution in [-0.4, -0.2) is 47.6 Å². The van der Waals surface area contributed by atoms with Gasteiger partial charge >= 0.3 is 0 Å². The van der Waals surface area contributed by atoms with Crippen molar-refractivity contribution < 1.29 is 8.78 Å². The van der Waals surface area contributed by atoms with E-state index in [2.05, 4.69) is 25.4 Å². The van der Waals surface area contributed by atoms with Gasteiger partial charge in [0.1, 0.15) is 11.3 Å². The Labute approximate surface area is 177 Å². The molecule has 0 radical (unpaired) electrons. The highest BCUT2D eigenvalue weighted by atomic mass is 19.3. The average molecular weight is 426 g/mol. The van der Waals surface area contributed by atoms with E-state index in [0.717, 1.165) is 36.8 Å². The van der Waals surface area contributed by atoms with Crippen LogP contribution in [0.1, 0.15) is 31.5 Å². The largest absolute Gasteiger partial charge is 0.350 e. The van der Waals surface area contributed by atoms with Crippen molar-refractivity contribution in [2.45, 2.75) is 57.7 Å². The molecule has 0 saturated heterocycles. The Morgan fingerprint density at radius 1 is 1.16 bits per heavy atom. The Balaban J connectivity index is 1.45. The van der Waals surface area contributed by atoms with E-state index in [1.807, 2.05) is 18.3 Å². The van der Waals surface area contributed by atoms with Gasteiger partial charge in [-0.25, -0.2) is 28.2 Å². The molecule has 10 heteroatoms. The third kappa shape index (κ3) is 3.83. The van der Waals surface area contributed by atoms with E-state index in [1.165, 1.54) is 4.57 Å². The van der Waals surface area contributed by atoms with Gasteiger partial charge in [0, 0.05) is 23.8 Å². The predicted octanol–water partition coefficient (Wildman–Crippen LogP) is 3.40. The molecule has 4 heterocycles. The van der Waals surface area contributed by atoms with E-state index in [-0.39, 0.29) is 0 Å². The van der Waals surface area contributed by atoms with Crippen molar-refractivity contribution in [3.63, 3.8) is 0 Å². The van der Waals surface area contributed by atoms with Crippen LogP contribution in [0.25, 0.3) is 27.9 Å². The second kappa shape index (κ2) is 7.84. The van der Waals surface area contributed by atoms with Gasteiger partial charge in [0.15, 0.2) is 5.65 Å². The summed E-state index contributed by atoms with van der Waals surface area (Å²) in [6.45, 7) is 1.28. The molecule has 1 aliphatic rings. The highest BCUT2D eigenvalue weighted by Gasteiger charge is 2.20. The number of alkyl halides is 2. The standard InChI is InChI=1S/C21H24F2N8/c1-12-26-17-7-6-16(28-20(17)30(12)11-19(22)23)15-8-9-31-18(15)10-25-21(29-31)27-14-4-2-13(24)3-5-14/h6-10,13-14,19H,2-5,11,24H2,1H3,(H,27,29)/t13-,14+. The molecule has 0 spiro atoms. The van der Waals surface area contributed by atoms with Crippen LogP contribution in [0.2, 0.25) is 0 Å². The maximum Gasteiger partial charge on any atom is 0.256 e. The summed E-state index contributed by atoms with van der Waals surface area (Å²) in [5.74, 6) is 1.09. The Bertz CT molecular complexity index is 1220. The zero-order chi connectivity index (χ0) is 21.5. The number of aromatic nitrogens is 6. The third-order valence-corrected chi connectivity index (χ3v) is 5.90. The summed E-state index contributed by atoms with van der Waals surface area (Å²) in [6, 6.07) is 6.17. The van der Waals surface area contributed by atoms with Crippen molar-refractivity contribution >= 4 is 22.6 Å². The number of nitrogens with zero attached hydrogens (tertiary/aromatic N) is 6. The molecular weight excluding hydrogens is 402 g/mol. The molecule has 1 aliphatic carbocycles. The lowest BCUT2D eigenvalue weighted by molar-refractivity contribution is 0.127. The molecule has 0 amide bonds. The van der Waals surface area contributed by atoms with Crippen LogP contribution in [0, 0.1) is 6.92 Å². The lowest BCUT2D eigenvalue weighted by Gasteiger charge is -2.26. The first-order chi connectivity index (χ1) is 15.0. The molecule has 4 aromatic heterocycles. The fraction of sp³-hybridized carbons (Fsp3) is 0.429. The summed E-state index contributed by atoms with van der Waals surface area (Å²) in [4.78, 5) is 13.5. The second-order valence-electron chi connectivity index (χ2n) is 8.10.